The highest BCUT2D eigenvalue weighted by Gasteiger charge is 2.13. The first-order valence-electron chi connectivity index (χ1n) is 10.5. The largest absolute Gasteiger partial charge is 0.378 e. The third kappa shape index (κ3) is 5.76. The van der Waals surface area contributed by atoms with Gasteiger partial charge in [0, 0.05) is 53.3 Å². The maximum Gasteiger partial charge on any atom is 0.258 e. The lowest BCUT2D eigenvalue weighted by atomic mass is 10.2. The smallest absolute Gasteiger partial charge is 0.258 e. The van der Waals surface area contributed by atoms with Crippen molar-refractivity contribution in [3.63, 3.8) is 0 Å². The summed E-state index contributed by atoms with van der Waals surface area (Å²) < 4.78 is 2.94. The first-order valence-corrected chi connectivity index (χ1v) is 11.3. The average Bonchev–Trinajstić information content (AvgIpc) is 3.06. The molecule has 0 fully saturated rings. The summed E-state index contributed by atoms with van der Waals surface area (Å²) in [6, 6.07) is 15.2. The number of carbonyl (C=O) groups is 1. The average molecular weight is 497 g/mol. The Bertz CT molecular complexity index is 1120. The van der Waals surface area contributed by atoms with Crippen molar-refractivity contribution in [3.8, 4) is 0 Å². The van der Waals surface area contributed by atoms with Crippen LogP contribution in [0.15, 0.2) is 58.0 Å². The van der Waals surface area contributed by atoms with Crippen LogP contribution < -0.4 is 15.5 Å². The molecular formula is C24H29BrN6O. The van der Waals surface area contributed by atoms with E-state index in [1.807, 2.05) is 80.0 Å². The predicted octanol–water partition coefficient (Wildman–Crippen LogP) is 4.75. The molecule has 0 bridgehead atoms. The Hall–Kier alpha value is -3.13. The van der Waals surface area contributed by atoms with E-state index in [4.69, 9.17) is 4.99 Å². The molecule has 0 saturated carbocycles. The van der Waals surface area contributed by atoms with Crippen LogP contribution in [-0.4, -0.2) is 35.7 Å². The number of hydrogen-bond donors (Lipinski definition) is 2. The zero-order chi connectivity index (χ0) is 23.3. The van der Waals surface area contributed by atoms with Crippen LogP contribution in [0.2, 0.25) is 0 Å². The van der Waals surface area contributed by atoms with Gasteiger partial charge in [-0.05, 0) is 63.2 Å². The maximum absolute atomic E-state index is 13.0. The Balaban J connectivity index is 1.87. The lowest BCUT2D eigenvalue weighted by molar-refractivity contribution is 0.0977. The molecule has 1 aromatic heterocycles. The van der Waals surface area contributed by atoms with Gasteiger partial charge in [-0.1, -0.05) is 22.0 Å². The fourth-order valence-corrected chi connectivity index (χ4v) is 3.58. The zero-order valence-electron chi connectivity index (χ0n) is 19.1. The molecule has 0 atom stereocenters. The highest BCUT2D eigenvalue weighted by molar-refractivity contribution is 9.10. The van der Waals surface area contributed by atoms with E-state index in [2.05, 4.69) is 38.6 Å². The van der Waals surface area contributed by atoms with Gasteiger partial charge in [-0.15, -0.1) is 0 Å². The molecule has 168 valence electrons. The second-order valence-electron chi connectivity index (χ2n) is 7.66. The minimum Gasteiger partial charge on any atom is -0.378 e. The Morgan fingerprint density at radius 1 is 1.16 bits per heavy atom. The van der Waals surface area contributed by atoms with Crippen molar-refractivity contribution in [1.82, 2.24) is 15.1 Å². The number of anilines is 2. The number of guanidine groups is 1. The summed E-state index contributed by atoms with van der Waals surface area (Å²) >= 11 is 3.45. The second-order valence-corrected chi connectivity index (χ2v) is 8.58. The molecule has 0 radical (unpaired) electrons. The van der Waals surface area contributed by atoms with Crippen molar-refractivity contribution in [2.45, 2.75) is 33.9 Å². The summed E-state index contributed by atoms with van der Waals surface area (Å²) in [5, 5.41) is 10.7. The van der Waals surface area contributed by atoms with Crippen molar-refractivity contribution in [1.29, 1.82) is 0 Å². The van der Waals surface area contributed by atoms with Gasteiger partial charge < -0.3 is 10.2 Å². The van der Waals surface area contributed by atoms with E-state index in [0.717, 1.165) is 39.3 Å². The Morgan fingerprint density at radius 2 is 1.88 bits per heavy atom. The first-order chi connectivity index (χ1) is 15.3. The van der Waals surface area contributed by atoms with Gasteiger partial charge in [-0.2, -0.15) is 5.10 Å². The number of hydrogen-bond acceptors (Lipinski definition) is 4. The molecule has 8 heteroatoms. The SMILES string of the molecule is CCn1nc(C)c(CN=C(NC(=O)c2cccc(N(C)C)c2)Nc2ccc(Br)cc2)c1C. The van der Waals surface area contributed by atoms with Gasteiger partial charge >= 0.3 is 0 Å². The molecule has 0 unspecified atom stereocenters. The number of benzene rings is 2. The summed E-state index contributed by atoms with van der Waals surface area (Å²) in [4.78, 5) is 19.7. The van der Waals surface area contributed by atoms with Crippen LogP contribution in [0.4, 0.5) is 11.4 Å². The number of aryl methyl sites for hydroxylation is 2. The van der Waals surface area contributed by atoms with Gasteiger partial charge in [-0.25, -0.2) is 4.99 Å². The Morgan fingerprint density at radius 3 is 2.50 bits per heavy atom. The quantitative estimate of drug-likeness (QED) is 0.381. The molecule has 1 heterocycles. The number of halogens is 1. The molecule has 0 spiro atoms. The van der Waals surface area contributed by atoms with Gasteiger partial charge in [-0.3, -0.25) is 14.8 Å². The molecule has 0 aliphatic heterocycles. The summed E-state index contributed by atoms with van der Waals surface area (Å²) in [6.45, 7) is 7.31. The van der Waals surface area contributed by atoms with Gasteiger partial charge in [0.15, 0.2) is 0 Å². The van der Waals surface area contributed by atoms with E-state index in [9.17, 15) is 4.79 Å². The van der Waals surface area contributed by atoms with E-state index in [0.29, 0.717) is 18.1 Å². The molecule has 7 nitrogen and oxygen atoms in total. The lowest BCUT2D eigenvalue weighted by Gasteiger charge is -2.15. The first kappa shape index (κ1) is 23.5. The fraction of sp³-hybridized carbons (Fsp3) is 0.292. The van der Waals surface area contributed by atoms with Gasteiger partial charge in [0.05, 0.1) is 12.2 Å². The number of aliphatic imine (C=N–C) groups is 1. The van der Waals surface area contributed by atoms with E-state index >= 15 is 0 Å². The summed E-state index contributed by atoms with van der Waals surface area (Å²) in [5.74, 6) is 0.158. The Kier molecular flexibility index (Phi) is 7.69. The van der Waals surface area contributed by atoms with Crippen molar-refractivity contribution in [3.05, 3.63) is 75.5 Å². The zero-order valence-corrected chi connectivity index (χ0v) is 20.7. The summed E-state index contributed by atoms with van der Waals surface area (Å²) in [7, 11) is 3.89. The number of nitrogens with zero attached hydrogens (tertiary/aromatic N) is 4. The third-order valence-electron chi connectivity index (χ3n) is 5.19. The van der Waals surface area contributed by atoms with Crippen LogP contribution in [0, 0.1) is 13.8 Å². The van der Waals surface area contributed by atoms with Crippen molar-refractivity contribution in [2.24, 2.45) is 4.99 Å². The molecule has 0 aliphatic carbocycles. The van der Waals surface area contributed by atoms with Gasteiger partial charge in [0.1, 0.15) is 0 Å². The number of aromatic nitrogens is 2. The highest BCUT2D eigenvalue weighted by Crippen LogP contribution is 2.17. The highest BCUT2D eigenvalue weighted by atomic mass is 79.9. The molecule has 3 rings (SSSR count). The molecule has 2 aromatic carbocycles. The molecule has 2 N–H and O–H groups in total. The van der Waals surface area contributed by atoms with Crippen LogP contribution in [0.5, 0.6) is 0 Å². The molecule has 1 amide bonds. The van der Waals surface area contributed by atoms with Crippen LogP contribution in [0.3, 0.4) is 0 Å². The number of carbonyl (C=O) groups excluding carboxylic acids is 1. The van der Waals surface area contributed by atoms with E-state index < -0.39 is 0 Å². The summed E-state index contributed by atoms with van der Waals surface area (Å²) in [6.07, 6.45) is 0. The summed E-state index contributed by atoms with van der Waals surface area (Å²) in [5.41, 5.74) is 5.43. The van der Waals surface area contributed by atoms with Crippen LogP contribution in [-0.2, 0) is 13.1 Å². The molecule has 32 heavy (non-hydrogen) atoms. The Labute approximate surface area is 197 Å². The normalized spacial score (nSPS) is 11.4. The van der Waals surface area contributed by atoms with Crippen molar-refractivity contribution < 1.29 is 4.79 Å². The van der Waals surface area contributed by atoms with Gasteiger partial charge in [0.25, 0.3) is 5.91 Å². The number of amides is 1. The van der Waals surface area contributed by atoms with E-state index in [1.54, 1.807) is 6.07 Å². The van der Waals surface area contributed by atoms with Crippen molar-refractivity contribution >= 4 is 39.2 Å². The minimum atomic E-state index is -0.227. The third-order valence-corrected chi connectivity index (χ3v) is 5.72. The standard InChI is InChI=1S/C24H29BrN6O/c1-6-31-17(3)22(16(2)29-31)15-26-24(27-20-12-10-19(25)11-13-20)28-23(32)18-8-7-9-21(14-18)30(4)5/h7-14H,6,15H2,1-5H3,(H2,26,27,28,32). The van der Waals surface area contributed by atoms with Crippen molar-refractivity contribution in [2.75, 3.05) is 24.3 Å². The van der Waals surface area contributed by atoms with E-state index in [-0.39, 0.29) is 5.91 Å². The predicted molar refractivity (Wildman–Crippen MR) is 135 cm³/mol. The minimum absolute atomic E-state index is 0.227. The van der Waals surface area contributed by atoms with Gasteiger partial charge in [0.2, 0.25) is 5.96 Å². The monoisotopic (exact) mass is 496 g/mol. The molecule has 0 aliphatic rings. The van der Waals surface area contributed by atoms with E-state index in [1.165, 1.54) is 0 Å². The second kappa shape index (κ2) is 10.5. The molecule has 0 saturated heterocycles. The number of nitrogens with one attached hydrogen (secondary N) is 2. The lowest BCUT2D eigenvalue weighted by Crippen LogP contribution is -2.36. The fourth-order valence-electron chi connectivity index (χ4n) is 3.31. The topological polar surface area (TPSA) is 74.5 Å². The number of rotatable bonds is 6. The maximum atomic E-state index is 13.0. The molecule has 3 aromatic rings. The molecular weight excluding hydrogens is 468 g/mol. The van der Waals surface area contributed by atoms with Crippen LogP contribution >= 0.6 is 15.9 Å². The van der Waals surface area contributed by atoms with Crippen LogP contribution in [0.1, 0.15) is 34.2 Å². The van der Waals surface area contributed by atoms with Crippen LogP contribution in [0.25, 0.3) is 0 Å².